The van der Waals surface area contributed by atoms with Crippen LogP contribution in [0.25, 0.3) is 0 Å². The van der Waals surface area contributed by atoms with Crippen LogP contribution in [0.3, 0.4) is 0 Å². The number of nitrogens with one attached hydrogen (secondary N) is 1. The number of halogens is 2. The van der Waals surface area contributed by atoms with Crippen LogP contribution in [0.5, 0.6) is 0 Å². The Labute approximate surface area is 163 Å². The van der Waals surface area contributed by atoms with E-state index in [4.69, 9.17) is 23.2 Å². The molecule has 3 rings (SSSR count). The molecule has 136 valence electrons. The monoisotopic (exact) mass is 390 g/mol. The molecule has 0 aliphatic carbocycles. The lowest BCUT2D eigenvalue weighted by molar-refractivity contribution is -0.128. The van der Waals surface area contributed by atoms with E-state index in [-0.39, 0.29) is 24.2 Å². The average molecular weight is 391 g/mol. The number of rotatable bonds is 6. The van der Waals surface area contributed by atoms with Crippen LogP contribution in [0.15, 0.2) is 48.5 Å². The minimum Gasteiger partial charge on any atom is -0.342 e. The summed E-state index contributed by atoms with van der Waals surface area (Å²) < 4.78 is 0. The second kappa shape index (κ2) is 8.56. The van der Waals surface area contributed by atoms with E-state index in [9.17, 15) is 9.59 Å². The van der Waals surface area contributed by atoms with Gasteiger partial charge >= 0.3 is 0 Å². The molecule has 2 aromatic carbocycles. The Bertz CT molecular complexity index is 796. The van der Waals surface area contributed by atoms with Gasteiger partial charge in [0.2, 0.25) is 11.8 Å². The Morgan fingerprint density at radius 3 is 2.69 bits per heavy atom. The van der Waals surface area contributed by atoms with Gasteiger partial charge in [0.25, 0.3) is 0 Å². The number of nitrogens with zero attached hydrogens (tertiary/aromatic N) is 1. The summed E-state index contributed by atoms with van der Waals surface area (Å²) in [5.41, 5.74) is 1.73. The quantitative estimate of drug-likeness (QED) is 0.793. The van der Waals surface area contributed by atoms with Crippen LogP contribution in [0, 0.1) is 5.92 Å². The van der Waals surface area contributed by atoms with Crippen LogP contribution in [-0.2, 0) is 16.0 Å². The molecule has 1 unspecified atom stereocenters. The molecule has 0 radical (unpaired) electrons. The van der Waals surface area contributed by atoms with E-state index in [1.807, 2.05) is 18.2 Å². The molecular weight excluding hydrogens is 371 g/mol. The van der Waals surface area contributed by atoms with Gasteiger partial charge in [-0.25, -0.2) is 0 Å². The smallest absolute Gasteiger partial charge is 0.229 e. The summed E-state index contributed by atoms with van der Waals surface area (Å²) in [5, 5.41) is 3.70. The fourth-order valence-electron chi connectivity index (χ4n) is 3.11. The molecule has 6 heteroatoms. The summed E-state index contributed by atoms with van der Waals surface area (Å²) >= 11 is 12.0. The van der Waals surface area contributed by atoms with Crippen molar-refractivity contribution in [3.8, 4) is 0 Å². The van der Waals surface area contributed by atoms with Crippen LogP contribution < -0.4 is 5.32 Å². The van der Waals surface area contributed by atoms with Crippen molar-refractivity contribution in [2.45, 2.75) is 19.3 Å². The normalized spacial score (nSPS) is 16.8. The summed E-state index contributed by atoms with van der Waals surface area (Å²) in [5.74, 6) is -0.544. The predicted molar refractivity (Wildman–Crippen MR) is 105 cm³/mol. The van der Waals surface area contributed by atoms with Gasteiger partial charge < -0.3 is 10.2 Å². The maximum absolute atomic E-state index is 12.5. The lowest BCUT2D eigenvalue weighted by Gasteiger charge is -2.16. The first kappa shape index (κ1) is 18.7. The fourth-order valence-corrected chi connectivity index (χ4v) is 3.45. The second-order valence-electron chi connectivity index (χ2n) is 6.44. The van der Waals surface area contributed by atoms with Crippen molar-refractivity contribution < 1.29 is 9.59 Å². The third kappa shape index (κ3) is 4.77. The van der Waals surface area contributed by atoms with E-state index >= 15 is 0 Å². The van der Waals surface area contributed by atoms with E-state index in [1.54, 1.807) is 23.1 Å². The summed E-state index contributed by atoms with van der Waals surface area (Å²) in [6.45, 7) is 1.10. The largest absolute Gasteiger partial charge is 0.342 e. The van der Waals surface area contributed by atoms with Crippen molar-refractivity contribution in [2.75, 3.05) is 18.4 Å². The number of carbonyl (C=O) groups excluding carboxylic acids is 2. The van der Waals surface area contributed by atoms with Crippen molar-refractivity contribution in [1.29, 1.82) is 0 Å². The molecule has 4 nitrogen and oxygen atoms in total. The first-order valence-corrected chi connectivity index (χ1v) is 9.36. The summed E-state index contributed by atoms with van der Waals surface area (Å²) in [4.78, 5) is 26.4. The van der Waals surface area contributed by atoms with Gasteiger partial charge in [0.05, 0.1) is 16.6 Å². The molecule has 1 aliphatic rings. The van der Waals surface area contributed by atoms with E-state index in [2.05, 4.69) is 17.4 Å². The van der Waals surface area contributed by atoms with E-state index in [0.29, 0.717) is 28.8 Å². The Morgan fingerprint density at radius 1 is 1.15 bits per heavy atom. The van der Waals surface area contributed by atoms with Crippen LogP contribution in [0.1, 0.15) is 18.4 Å². The zero-order valence-corrected chi connectivity index (χ0v) is 15.8. The Kier molecular flexibility index (Phi) is 6.17. The van der Waals surface area contributed by atoms with Gasteiger partial charge in [0.15, 0.2) is 0 Å². The van der Waals surface area contributed by atoms with Gasteiger partial charge in [-0.2, -0.15) is 0 Å². The predicted octanol–water partition coefficient (Wildman–Crippen LogP) is 4.41. The molecule has 26 heavy (non-hydrogen) atoms. The van der Waals surface area contributed by atoms with Gasteiger partial charge in [-0.3, -0.25) is 9.59 Å². The number of benzene rings is 2. The highest BCUT2D eigenvalue weighted by atomic mass is 35.5. The maximum Gasteiger partial charge on any atom is 0.229 e. The minimum absolute atomic E-state index is 0.0235. The topological polar surface area (TPSA) is 49.4 Å². The van der Waals surface area contributed by atoms with Gasteiger partial charge in [0.1, 0.15) is 0 Å². The van der Waals surface area contributed by atoms with Gasteiger partial charge in [-0.05, 0) is 36.6 Å². The average Bonchev–Trinajstić information content (AvgIpc) is 3.00. The molecule has 0 aromatic heterocycles. The first-order chi connectivity index (χ1) is 12.5. The highest BCUT2D eigenvalue weighted by Crippen LogP contribution is 2.27. The Hall–Kier alpha value is -2.04. The maximum atomic E-state index is 12.5. The van der Waals surface area contributed by atoms with Crippen molar-refractivity contribution in [3.63, 3.8) is 0 Å². The molecule has 0 saturated carbocycles. The number of hydrogen-bond acceptors (Lipinski definition) is 2. The molecule has 2 amide bonds. The van der Waals surface area contributed by atoms with Crippen LogP contribution >= 0.6 is 23.2 Å². The number of likely N-dealkylation sites (tertiary alicyclic amines) is 1. The highest BCUT2D eigenvalue weighted by molar-refractivity contribution is 6.35. The lowest BCUT2D eigenvalue weighted by atomic mass is 10.1. The summed E-state index contributed by atoms with van der Waals surface area (Å²) in [6.07, 6.45) is 2.03. The van der Waals surface area contributed by atoms with E-state index < -0.39 is 0 Å². The van der Waals surface area contributed by atoms with Crippen molar-refractivity contribution in [1.82, 2.24) is 4.90 Å². The molecule has 0 bridgehead atoms. The molecule has 1 fully saturated rings. The molecule has 1 atom stereocenters. The van der Waals surface area contributed by atoms with Crippen LogP contribution in [-0.4, -0.2) is 29.8 Å². The van der Waals surface area contributed by atoms with Crippen LogP contribution in [0.4, 0.5) is 5.69 Å². The summed E-state index contributed by atoms with van der Waals surface area (Å²) in [7, 11) is 0. The Balaban J connectivity index is 1.52. The first-order valence-electron chi connectivity index (χ1n) is 8.60. The van der Waals surface area contributed by atoms with Crippen LogP contribution in [0.2, 0.25) is 10.0 Å². The molecule has 1 saturated heterocycles. The van der Waals surface area contributed by atoms with E-state index in [1.165, 1.54) is 5.56 Å². The molecule has 2 aromatic rings. The Morgan fingerprint density at radius 2 is 1.92 bits per heavy atom. The third-order valence-corrected chi connectivity index (χ3v) is 5.07. The van der Waals surface area contributed by atoms with Gasteiger partial charge in [0, 0.05) is 24.5 Å². The number of carbonyl (C=O) groups is 2. The zero-order chi connectivity index (χ0) is 18.5. The number of aryl methyl sites for hydroxylation is 1. The van der Waals surface area contributed by atoms with Crippen molar-refractivity contribution in [3.05, 3.63) is 64.1 Å². The molecule has 1 heterocycles. The molecule has 0 spiro atoms. The van der Waals surface area contributed by atoms with Crippen molar-refractivity contribution in [2.24, 2.45) is 5.92 Å². The molecule has 1 aliphatic heterocycles. The summed E-state index contributed by atoms with van der Waals surface area (Å²) in [6, 6.07) is 15.1. The van der Waals surface area contributed by atoms with Gasteiger partial charge in [-0.15, -0.1) is 0 Å². The second-order valence-corrected chi connectivity index (χ2v) is 7.29. The lowest BCUT2D eigenvalue weighted by Crippen LogP contribution is -2.29. The number of amides is 2. The van der Waals surface area contributed by atoms with Crippen molar-refractivity contribution >= 4 is 40.7 Å². The van der Waals surface area contributed by atoms with Gasteiger partial charge in [-0.1, -0.05) is 53.5 Å². The SMILES string of the molecule is O=C(Nc1cc(Cl)ccc1Cl)C1CC(=O)N(CCCc2ccccc2)C1. The number of hydrogen-bond donors (Lipinski definition) is 1. The number of anilines is 1. The molecule has 1 N–H and O–H groups in total. The zero-order valence-electron chi connectivity index (χ0n) is 14.3. The third-order valence-electron chi connectivity index (χ3n) is 4.51. The van der Waals surface area contributed by atoms with E-state index in [0.717, 1.165) is 12.8 Å². The highest BCUT2D eigenvalue weighted by Gasteiger charge is 2.34. The standard InChI is InChI=1S/C20H20Cl2N2O2/c21-16-8-9-17(22)18(12-16)23-20(26)15-11-19(25)24(13-15)10-4-7-14-5-2-1-3-6-14/h1-3,5-6,8-9,12,15H,4,7,10-11,13H2,(H,23,26). The minimum atomic E-state index is -0.366. The fraction of sp³-hybridized carbons (Fsp3) is 0.300. The molecular formula is C20H20Cl2N2O2.